The van der Waals surface area contributed by atoms with Crippen molar-refractivity contribution >= 4 is 82.0 Å². The first-order valence-corrected chi connectivity index (χ1v) is 14.9. The van der Waals surface area contributed by atoms with Gasteiger partial charge < -0.3 is 25.0 Å². The van der Waals surface area contributed by atoms with E-state index in [9.17, 15) is 43.8 Å². The van der Waals surface area contributed by atoms with Gasteiger partial charge in [-0.2, -0.15) is 0 Å². The maximum atomic E-state index is 12.6. The fourth-order valence-corrected chi connectivity index (χ4v) is 5.14. The number of ketones is 1. The van der Waals surface area contributed by atoms with Crippen LogP contribution < -0.4 is 21.3 Å². The third kappa shape index (κ3) is 6.97. The number of aromatic amines is 1. The third-order valence-corrected chi connectivity index (χ3v) is 8.32. The van der Waals surface area contributed by atoms with Gasteiger partial charge in [0, 0.05) is 39.1 Å². The van der Waals surface area contributed by atoms with Crippen molar-refractivity contribution in [1.82, 2.24) is 24.3 Å². The third-order valence-electron chi connectivity index (χ3n) is 7.57. The summed E-state index contributed by atoms with van der Waals surface area (Å²) in [7, 11) is 6.10. The molecule has 252 valence electrons. The minimum Gasteiger partial charge on any atom is -0.506 e. The van der Waals surface area contributed by atoms with Gasteiger partial charge in [-0.05, 0) is 54.8 Å². The molecular formula is C32H28N6O9S2. The van der Waals surface area contributed by atoms with E-state index in [0.717, 1.165) is 6.08 Å². The molecule has 15 nitrogen and oxygen atoms in total. The molecule has 4 heterocycles. The summed E-state index contributed by atoms with van der Waals surface area (Å²) in [5.41, 5.74) is -0.307. The zero-order valence-corrected chi connectivity index (χ0v) is 28.0. The number of para-hydroxylation sites is 2. The average molecular weight is 705 g/mol. The number of thiocarbonyl (C=S) groups is 1. The van der Waals surface area contributed by atoms with Gasteiger partial charge in [-0.25, -0.2) is 0 Å². The zero-order chi connectivity index (χ0) is 36.3. The summed E-state index contributed by atoms with van der Waals surface area (Å²) in [5, 5.41) is 22.9. The van der Waals surface area contributed by atoms with E-state index in [2.05, 4.69) is 22.5 Å². The number of aldehydes is 1. The summed E-state index contributed by atoms with van der Waals surface area (Å²) < 4.78 is 2.56. The molecule has 2 aliphatic rings. The van der Waals surface area contributed by atoms with Crippen molar-refractivity contribution in [2.24, 2.45) is 14.1 Å². The van der Waals surface area contributed by atoms with Gasteiger partial charge in [-0.1, -0.05) is 24.3 Å². The fourth-order valence-electron chi connectivity index (χ4n) is 4.74. The molecule has 0 aliphatic carbocycles. The Morgan fingerprint density at radius 1 is 0.816 bits per heavy atom. The van der Waals surface area contributed by atoms with Crippen molar-refractivity contribution in [3.05, 3.63) is 96.3 Å². The summed E-state index contributed by atoms with van der Waals surface area (Å²) in [6.07, 6.45) is 1.38. The topological polar surface area (TPSA) is 204 Å². The van der Waals surface area contributed by atoms with Crippen LogP contribution in [0.25, 0.3) is 17.0 Å². The predicted octanol–water partition coefficient (Wildman–Crippen LogP) is 1.70. The molecule has 1 fully saturated rings. The van der Waals surface area contributed by atoms with Crippen molar-refractivity contribution < 1.29 is 34.2 Å². The fraction of sp³-hybridized carbons (Fsp3) is 0.156. The van der Waals surface area contributed by atoms with E-state index in [1.807, 2.05) is 0 Å². The van der Waals surface area contributed by atoms with Gasteiger partial charge in [-0.15, -0.1) is 0 Å². The molecule has 4 N–H and O–H groups in total. The van der Waals surface area contributed by atoms with Gasteiger partial charge in [-0.3, -0.25) is 48.0 Å². The number of anilines is 1. The second-order valence-electron chi connectivity index (χ2n) is 10.6. The number of benzene rings is 2. The van der Waals surface area contributed by atoms with Gasteiger partial charge in [0.15, 0.2) is 16.2 Å². The number of likely N-dealkylation sites (N-methyl/N-ethyl adjacent to an activating group) is 1. The molecule has 17 heteroatoms. The van der Waals surface area contributed by atoms with Gasteiger partial charge in [0.05, 0.1) is 16.8 Å². The van der Waals surface area contributed by atoms with E-state index in [0.29, 0.717) is 28.4 Å². The van der Waals surface area contributed by atoms with Crippen molar-refractivity contribution in [3.8, 4) is 11.6 Å². The maximum Gasteiger partial charge on any atom is 0.265 e. The molecule has 0 unspecified atom stereocenters. The lowest BCUT2D eigenvalue weighted by molar-refractivity contribution is -0.134. The zero-order valence-electron chi connectivity index (χ0n) is 26.3. The largest absolute Gasteiger partial charge is 0.506 e. The number of carbonyl (C=O) groups excluding carboxylic acids is 5. The first kappa shape index (κ1) is 35.8. The Labute approximate surface area is 287 Å². The maximum absolute atomic E-state index is 12.6. The van der Waals surface area contributed by atoms with Crippen LogP contribution >= 0.6 is 24.4 Å². The molecule has 6 rings (SSSR count). The van der Waals surface area contributed by atoms with E-state index >= 15 is 0 Å². The van der Waals surface area contributed by atoms with Gasteiger partial charge in [0.25, 0.3) is 17.0 Å². The highest BCUT2D eigenvalue weighted by Crippen LogP contribution is 2.30. The number of hydrogen-bond donors (Lipinski definition) is 4. The molecule has 0 spiro atoms. The molecular weight excluding hydrogens is 677 g/mol. The van der Waals surface area contributed by atoms with E-state index < -0.39 is 28.7 Å². The summed E-state index contributed by atoms with van der Waals surface area (Å²) in [4.78, 5) is 85.8. The van der Waals surface area contributed by atoms with Crippen LogP contribution in [0.4, 0.5) is 5.69 Å². The molecule has 49 heavy (non-hydrogen) atoms. The second kappa shape index (κ2) is 14.4. The highest BCUT2D eigenvalue weighted by atomic mass is 32.1. The molecule has 2 aromatic heterocycles. The Bertz CT molecular complexity index is 2290. The number of amides is 3. The quantitative estimate of drug-likeness (QED) is 0.0777. The monoisotopic (exact) mass is 704 g/mol. The van der Waals surface area contributed by atoms with Crippen molar-refractivity contribution in [2.45, 2.75) is 6.42 Å². The van der Waals surface area contributed by atoms with Crippen LogP contribution in [0.15, 0.2) is 63.7 Å². The standard InChI is InChI=1S/C16H13N3O4S.C11H9NO3.C5H6N2O2S/c1-18-11-6-4-3-5-8(11)12(20)9(14(18)22)7-10-13(21)17-16(24)19(2)15(10)23;1-12-9-5-3-2-4-7(9)10(14)8(6-13)11(12)15;1-7-4(9)2-3(8)6-5(7)10/h3-7,23H,1-2H3,(H,17,21,24);2-6,14H,1H3;2H2,1H3,(H,6,8,10). The van der Waals surface area contributed by atoms with Crippen LogP contribution in [0.1, 0.15) is 32.7 Å². The molecule has 3 amide bonds. The molecule has 0 saturated carbocycles. The van der Waals surface area contributed by atoms with Crippen LogP contribution in [0.5, 0.6) is 11.6 Å². The van der Waals surface area contributed by atoms with Crippen LogP contribution in [-0.4, -0.2) is 78.2 Å². The number of pyridine rings is 1. The first-order valence-electron chi connectivity index (χ1n) is 14.1. The van der Waals surface area contributed by atoms with Crippen LogP contribution in [0.3, 0.4) is 0 Å². The Morgan fingerprint density at radius 3 is 2.10 bits per heavy atom. The lowest BCUT2D eigenvalue weighted by Crippen LogP contribution is -2.50. The van der Waals surface area contributed by atoms with Gasteiger partial charge >= 0.3 is 0 Å². The summed E-state index contributed by atoms with van der Waals surface area (Å²) >= 11 is 9.55. The number of rotatable bonds is 2. The van der Waals surface area contributed by atoms with E-state index in [1.165, 1.54) is 40.1 Å². The number of nitrogens with zero attached hydrogens (tertiary/aromatic N) is 4. The van der Waals surface area contributed by atoms with Crippen LogP contribution in [0, 0.1) is 4.77 Å². The first-order chi connectivity index (χ1) is 23.1. The number of Topliss-reactive ketones (excluding diaryl/α,β-unsaturated/α-hetero) is 1. The minimum atomic E-state index is -0.676. The molecule has 1 saturated heterocycles. The molecule has 2 aromatic carbocycles. The Morgan fingerprint density at radius 2 is 1.45 bits per heavy atom. The molecule has 0 bridgehead atoms. The number of hydrogen-bond acceptors (Lipinski definition) is 11. The van der Waals surface area contributed by atoms with Crippen molar-refractivity contribution in [3.63, 3.8) is 0 Å². The average Bonchev–Trinajstić information content (AvgIpc) is 3.08. The Kier molecular flexibility index (Phi) is 10.5. The smallest absolute Gasteiger partial charge is 0.265 e. The number of H-pyrrole nitrogens is 1. The Balaban J connectivity index is 0.000000184. The summed E-state index contributed by atoms with van der Waals surface area (Å²) in [5.74, 6) is -2.30. The lowest BCUT2D eigenvalue weighted by Gasteiger charge is -2.26. The highest BCUT2D eigenvalue weighted by Gasteiger charge is 2.33. The SMILES string of the molecule is CN1C(=O)C(=Cc2c(O)n(C)c(=S)[nH]c2=O)C(=O)c2ccccc21.CN1C(=O)CC(=O)NC1=S.Cn1c(=O)c(C=O)c(O)c2ccccc21. The Hall–Kier alpha value is -6.07. The number of aromatic hydroxyl groups is 2. The predicted molar refractivity (Wildman–Crippen MR) is 185 cm³/mol. The molecule has 2 aliphatic heterocycles. The van der Waals surface area contributed by atoms with Crippen molar-refractivity contribution in [1.29, 1.82) is 0 Å². The second-order valence-corrected chi connectivity index (χ2v) is 11.3. The van der Waals surface area contributed by atoms with Gasteiger partial charge in [0.2, 0.25) is 23.5 Å². The number of nitrogens with one attached hydrogen (secondary N) is 2. The summed E-state index contributed by atoms with van der Waals surface area (Å²) in [6.45, 7) is 0. The normalized spacial score (nSPS) is 14.9. The van der Waals surface area contributed by atoms with Gasteiger partial charge in [0.1, 0.15) is 23.3 Å². The number of aromatic nitrogens is 3. The lowest BCUT2D eigenvalue weighted by atomic mass is 9.94. The molecule has 4 aromatic rings. The number of aryl methyl sites for hydroxylation is 1. The van der Waals surface area contributed by atoms with Crippen LogP contribution in [-0.2, 0) is 28.5 Å². The minimum absolute atomic E-state index is 0.0309. The highest BCUT2D eigenvalue weighted by molar-refractivity contribution is 7.80. The summed E-state index contributed by atoms with van der Waals surface area (Å²) in [6, 6.07) is 13.6. The van der Waals surface area contributed by atoms with E-state index in [1.54, 1.807) is 55.6 Å². The van der Waals surface area contributed by atoms with E-state index in [-0.39, 0.29) is 50.6 Å². The van der Waals surface area contributed by atoms with Crippen molar-refractivity contribution in [2.75, 3.05) is 19.0 Å². The molecule has 0 atom stereocenters. The van der Waals surface area contributed by atoms with E-state index in [4.69, 9.17) is 12.2 Å². The number of carbonyl (C=O) groups is 5. The molecule has 0 radical (unpaired) electrons. The number of fused-ring (bicyclic) bond motifs is 2. The van der Waals surface area contributed by atoms with Crippen LogP contribution in [0.2, 0.25) is 0 Å².